The minimum Gasteiger partial charge on any atom is -0.467 e. The molecule has 0 aliphatic rings. The molecule has 0 fully saturated rings. The van der Waals surface area contributed by atoms with Crippen LogP contribution >= 0.6 is 0 Å². The average molecular weight is 461 g/mol. The molecule has 4 rings (SSSR count). The summed E-state index contributed by atoms with van der Waals surface area (Å²) in [5.74, 6) is 0.328. The average Bonchev–Trinajstić information content (AvgIpc) is 3.32. The summed E-state index contributed by atoms with van der Waals surface area (Å²) in [5.41, 5.74) is 2.39. The van der Waals surface area contributed by atoms with Crippen molar-refractivity contribution in [3.63, 3.8) is 0 Å². The molecule has 0 saturated heterocycles. The lowest BCUT2D eigenvalue weighted by atomic mass is 10.1. The fraction of sp³-hybridized carbons (Fsp3) is 0.115. The first-order valence-electron chi connectivity index (χ1n) is 10.5. The minimum absolute atomic E-state index is 0.132. The molecule has 0 atom stereocenters. The molecule has 0 aliphatic carbocycles. The molecule has 0 unspecified atom stereocenters. The van der Waals surface area contributed by atoms with Crippen molar-refractivity contribution in [2.75, 3.05) is 4.72 Å². The molecule has 0 aliphatic heterocycles. The zero-order chi connectivity index (χ0) is 23.3. The third-order valence-electron chi connectivity index (χ3n) is 5.16. The van der Waals surface area contributed by atoms with Crippen LogP contribution in [0.1, 0.15) is 27.2 Å². The number of hydrogen-bond acceptors (Lipinski definition) is 4. The van der Waals surface area contributed by atoms with Gasteiger partial charge in [-0.2, -0.15) is 0 Å². The van der Waals surface area contributed by atoms with E-state index in [1.165, 1.54) is 0 Å². The highest BCUT2D eigenvalue weighted by molar-refractivity contribution is 7.92. The third kappa shape index (κ3) is 5.51. The molecule has 1 aromatic heterocycles. The van der Waals surface area contributed by atoms with Gasteiger partial charge in [0.25, 0.3) is 15.9 Å². The Labute approximate surface area is 193 Å². The largest absolute Gasteiger partial charge is 0.467 e. The molecule has 0 saturated carbocycles. The normalized spacial score (nSPS) is 11.2. The second-order valence-corrected chi connectivity index (χ2v) is 9.37. The van der Waals surface area contributed by atoms with Gasteiger partial charge < -0.3 is 9.32 Å². The van der Waals surface area contributed by atoms with Crippen LogP contribution in [0.5, 0.6) is 0 Å². The maximum absolute atomic E-state index is 13.6. The number of carbonyl (C=O) groups excluding carboxylic acids is 1. The Morgan fingerprint density at radius 2 is 1.55 bits per heavy atom. The van der Waals surface area contributed by atoms with E-state index in [1.54, 1.807) is 71.8 Å². The van der Waals surface area contributed by atoms with Crippen molar-refractivity contribution >= 4 is 21.6 Å². The van der Waals surface area contributed by atoms with Gasteiger partial charge in [0, 0.05) is 6.54 Å². The van der Waals surface area contributed by atoms with E-state index in [0.29, 0.717) is 12.3 Å². The molecule has 1 heterocycles. The van der Waals surface area contributed by atoms with Crippen LogP contribution in [-0.4, -0.2) is 19.2 Å². The molecule has 3 aromatic carbocycles. The van der Waals surface area contributed by atoms with Crippen LogP contribution in [-0.2, 0) is 23.1 Å². The third-order valence-corrected chi connectivity index (χ3v) is 6.54. The first-order valence-corrected chi connectivity index (χ1v) is 11.9. The van der Waals surface area contributed by atoms with Gasteiger partial charge >= 0.3 is 0 Å². The zero-order valence-electron chi connectivity index (χ0n) is 18.1. The Morgan fingerprint density at radius 3 is 2.24 bits per heavy atom. The number of nitrogens with one attached hydrogen (secondary N) is 1. The first kappa shape index (κ1) is 22.4. The van der Waals surface area contributed by atoms with Crippen molar-refractivity contribution in [2.45, 2.75) is 24.9 Å². The second kappa shape index (κ2) is 9.75. The zero-order valence-corrected chi connectivity index (χ0v) is 19.0. The van der Waals surface area contributed by atoms with Gasteiger partial charge in [-0.3, -0.25) is 9.52 Å². The summed E-state index contributed by atoms with van der Waals surface area (Å²) in [7, 11) is -3.86. The summed E-state index contributed by atoms with van der Waals surface area (Å²) in [6, 6.07) is 26.4. The van der Waals surface area contributed by atoms with Gasteiger partial charge in [-0.1, -0.05) is 60.2 Å². The minimum atomic E-state index is -3.86. The van der Waals surface area contributed by atoms with Gasteiger partial charge in [0.1, 0.15) is 5.76 Å². The number of hydrogen-bond donors (Lipinski definition) is 1. The van der Waals surface area contributed by atoms with Crippen molar-refractivity contribution in [3.8, 4) is 0 Å². The van der Waals surface area contributed by atoms with E-state index in [4.69, 9.17) is 4.42 Å². The Balaban J connectivity index is 1.65. The molecule has 0 spiro atoms. The topological polar surface area (TPSA) is 79.6 Å². The number of sulfonamides is 1. The maximum atomic E-state index is 13.6. The maximum Gasteiger partial charge on any atom is 0.261 e. The van der Waals surface area contributed by atoms with Gasteiger partial charge in [0.15, 0.2) is 0 Å². The van der Waals surface area contributed by atoms with E-state index in [9.17, 15) is 13.2 Å². The Morgan fingerprint density at radius 1 is 0.848 bits per heavy atom. The Hall–Kier alpha value is -3.84. The van der Waals surface area contributed by atoms with E-state index < -0.39 is 10.0 Å². The van der Waals surface area contributed by atoms with Crippen molar-refractivity contribution in [3.05, 3.63) is 120 Å². The number of rotatable bonds is 8. The van der Waals surface area contributed by atoms with Crippen LogP contribution in [0.4, 0.5) is 5.69 Å². The van der Waals surface area contributed by atoms with Crippen LogP contribution in [0.25, 0.3) is 0 Å². The van der Waals surface area contributed by atoms with E-state index in [2.05, 4.69) is 4.72 Å². The molecule has 4 aromatic rings. The number of carbonyl (C=O) groups is 1. The molecule has 1 amide bonds. The predicted molar refractivity (Wildman–Crippen MR) is 127 cm³/mol. The number of para-hydroxylation sites is 1. The highest BCUT2D eigenvalue weighted by Gasteiger charge is 2.23. The fourth-order valence-corrected chi connectivity index (χ4v) is 4.52. The second-order valence-electron chi connectivity index (χ2n) is 7.69. The van der Waals surface area contributed by atoms with Gasteiger partial charge in [0.05, 0.1) is 29.0 Å². The smallest absolute Gasteiger partial charge is 0.261 e. The standard InChI is InChI=1S/C26H24N2O4S/c1-20-13-15-23(16-14-20)33(30,31)27-25-12-6-5-11-24(25)26(29)28(19-22-10-7-17-32-22)18-21-8-3-2-4-9-21/h2-17,27H,18-19H2,1H3. The summed E-state index contributed by atoms with van der Waals surface area (Å²) >= 11 is 0. The molecule has 1 N–H and O–H groups in total. The summed E-state index contributed by atoms with van der Waals surface area (Å²) in [6.45, 7) is 2.48. The lowest BCUT2D eigenvalue weighted by Gasteiger charge is -2.23. The molecule has 33 heavy (non-hydrogen) atoms. The molecule has 0 bridgehead atoms. The summed E-state index contributed by atoms with van der Waals surface area (Å²) in [5, 5.41) is 0. The summed E-state index contributed by atoms with van der Waals surface area (Å²) in [4.78, 5) is 15.4. The number of aryl methyl sites for hydroxylation is 1. The van der Waals surface area contributed by atoms with E-state index in [0.717, 1.165) is 11.1 Å². The number of anilines is 1. The highest BCUT2D eigenvalue weighted by Crippen LogP contribution is 2.24. The Bertz CT molecular complexity index is 1320. The molecular weight excluding hydrogens is 436 g/mol. The quantitative estimate of drug-likeness (QED) is 0.390. The summed E-state index contributed by atoms with van der Waals surface area (Å²) in [6.07, 6.45) is 1.56. The molecule has 168 valence electrons. The van der Waals surface area contributed by atoms with Crippen LogP contribution in [0.3, 0.4) is 0 Å². The van der Waals surface area contributed by atoms with Crippen molar-refractivity contribution in [2.24, 2.45) is 0 Å². The van der Waals surface area contributed by atoms with Gasteiger partial charge in [-0.05, 0) is 48.9 Å². The van der Waals surface area contributed by atoms with Gasteiger partial charge in [-0.15, -0.1) is 0 Å². The molecule has 6 nitrogen and oxygen atoms in total. The lowest BCUT2D eigenvalue weighted by molar-refractivity contribution is 0.0719. The van der Waals surface area contributed by atoms with Crippen LogP contribution < -0.4 is 4.72 Å². The molecule has 0 radical (unpaired) electrons. The van der Waals surface area contributed by atoms with Crippen molar-refractivity contribution in [1.82, 2.24) is 4.90 Å². The van der Waals surface area contributed by atoms with E-state index in [-0.39, 0.29) is 28.6 Å². The monoisotopic (exact) mass is 460 g/mol. The van der Waals surface area contributed by atoms with Crippen LogP contribution in [0.2, 0.25) is 0 Å². The molecular formula is C26H24N2O4S. The molecule has 7 heteroatoms. The first-order chi connectivity index (χ1) is 15.9. The van der Waals surface area contributed by atoms with Crippen LogP contribution in [0, 0.1) is 6.92 Å². The number of furan rings is 1. The SMILES string of the molecule is Cc1ccc(S(=O)(=O)Nc2ccccc2C(=O)N(Cc2ccccc2)Cc2ccco2)cc1. The fourth-order valence-electron chi connectivity index (χ4n) is 3.44. The number of amides is 1. The number of benzene rings is 3. The predicted octanol–water partition coefficient (Wildman–Crippen LogP) is 5.23. The van der Waals surface area contributed by atoms with E-state index >= 15 is 0 Å². The van der Waals surface area contributed by atoms with Gasteiger partial charge in [-0.25, -0.2) is 8.42 Å². The van der Waals surface area contributed by atoms with E-state index in [1.807, 2.05) is 37.3 Å². The summed E-state index contributed by atoms with van der Waals surface area (Å²) < 4.78 is 34.0. The number of nitrogens with zero attached hydrogens (tertiary/aromatic N) is 1. The van der Waals surface area contributed by atoms with Crippen molar-refractivity contribution in [1.29, 1.82) is 0 Å². The highest BCUT2D eigenvalue weighted by atomic mass is 32.2. The van der Waals surface area contributed by atoms with Crippen molar-refractivity contribution < 1.29 is 17.6 Å². The Kier molecular flexibility index (Phi) is 6.60. The van der Waals surface area contributed by atoms with Crippen LogP contribution in [0.15, 0.2) is 107 Å². The lowest BCUT2D eigenvalue weighted by Crippen LogP contribution is -2.31. The van der Waals surface area contributed by atoms with Gasteiger partial charge in [0.2, 0.25) is 0 Å².